The highest BCUT2D eigenvalue weighted by Gasteiger charge is 2.17. The van der Waals surface area contributed by atoms with E-state index in [1.165, 1.54) is 16.7 Å². The molecule has 1 rings (SSSR count). The first kappa shape index (κ1) is 16.0. The molecule has 3 heteroatoms. The molecule has 1 unspecified atom stereocenters. The fourth-order valence-electron chi connectivity index (χ4n) is 2.52. The third-order valence-electron chi connectivity index (χ3n) is 3.40. The highest BCUT2D eigenvalue weighted by Crippen LogP contribution is 2.32. The van der Waals surface area contributed by atoms with Crippen LogP contribution in [-0.4, -0.2) is 27.4 Å². The van der Waals surface area contributed by atoms with Crippen LogP contribution in [0.3, 0.4) is 0 Å². The Labute approximate surface area is 117 Å². The molecule has 1 atom stereocenters. The number of nitrogens with one attached hydrogen (secondary N) is 1. The van der Waals surface area contributed by atoms with Gasteiger partial charge >= 0.3 is 0 Å². The van der Waals surface area contributed by atoms with Crippen molar-refractivity contribution in [3.63, 3.8) is 0 Å². The number of methoxy groups -OCH3 is 1. The minimum Gasteiger partial charge on any atom is -0.496 e. The summed E-state index contributed by atoms with van der Waals surface area (Å²) in [6, 6.07) is 4.64. The lowest BCUT2D eigenvalue weighted by Gasteiger charge is -2.22. The Morgan fingerprint density at radius 2 is 2.00 bits per heavy atom. The molecule has 3 nitrogen and oxygen atoms in total. The molecule has 1 aromatic rings. The maximum absolute atomic E-state index is 5.55. The molecule has 0 aromatic heterocycles. The van der Waals surface area contributed by atoms with Crippen LogP contribution in [0.15, 0.2) is 12.1 Å². The van der Waals surface area contributed by atoms with Crippen LogP contribution in [0.5, 0.6) is 5.75 Å². The van der Waals surface area contributed by atoms with Crippen LogP contribution in [0.1, 0.15) is 42.5 Å². The van der Waals surface area contributed by atoms with Gasteiger partial charge in [0.2, 0.25) is 0 Å². The van der Waals surface area contributed by atoms with Gasteiger partial charge in [-0.1, -0.05) is 6.07 Å². The zero-order valence-electron chi connectivity index (χ0n) is 12.9. The van der Waals surface area contributed by atoms with Crippen LogP contribution in [0.25, 0.3) is 0 Å². The molecule has 0 saturated heterocycles. The lowest BCUT2D eigenvalue weighted by Crippen LogP contribution is -2.19. The van der Waals surface area contributed by atoms with Crippen molar-refractivity contribution < 1.29 is 9.47 Å². The van der Waals surface area contributed by atoms with E-state index in [0.717, 1.165) is 31.8 Å². The summed E-state index contributed by atoms with van der Waals surface area (Å²) >= 11 is 0. The number of aryl methyl sites for hydroxylation is 2. The third kappa shape index (κ3) is 4.51. The molecule has 1 aromatic carbocycles. The normalized spacial score (nSPS) is 12.5. The summed E-state index contributed by atoms with van der Waals surface area (Å²) in [6.45, 7) is 7.89. The molecule has 0 amide bonds. The van der Waals surface area contributed by atoms with E-state index in [0.29, 0.717) is 6.04 Å². The molecule has 0 bridgehead atoms. The van der Waals surface area contributed by atoms with E-state index in [-0.39, 0.29) is 0 Å². The summed E-state index contributed by atoms with van der Waals surface area (Å²) in [4.78, 5) is 0. The second-order valence-electron chi connectivity index (χ2n) is 4.88. The number of hydrogen-bond donors (Lipinski definition) is 1. The van der Waals surface area contributed by atoms with Crippen LogP contribution in [0, 0.1) is 13.8 Å². The second kappa shape index (κ2) is 8.18. The van der Waals surface area contributed by atoms with E-state index in [4.69, 9.17) is 9.47 Å². The van der Waals surface area contributed by atoms with Gasteiger partial charge in [0, 0.05) is 24.8 Å². The maximum Gasteiger partial charge on any atom is 0.124 e. The van der Waals surface area contributed by atoms with Gasteiger partial charge in [-0.15, -0.1) is 0 Å². The van der Waals surface area contributed by atoms with Gasteiger partial charge < -0.3 is 14.8 Å². The number of ether oxygens (including phenoxy) is 2. The Morgan fingerprint density at radius 3 is 2.58 bits per heavy atom. The number of benzene rings is 1. The van der Waals surface area contributed by atoms with Gasteiger partial charge in [-0.05, 0) is 57.9 Å². The predicted octanol–water partition coefficient (Wildman–Crippen LogP) is 3.39. The number of rotatable bonds is 8. The fraction of sp³-hybridized carbons (Fsp3) is 0.625. The van der Waals surface area contributed by atoms with E-state index < -0.39 is 0 Å². The minimum absolute atomic E-state index is 0.316. The molecule has 108 valence electrons. The molecule has 0 aliphatic heterocycles. The second-order valence-corrected chi connectivity index (χ2v) is 4.88. The van der Waals surface area contributed by atoms with E-state index in [1.807, 2.05) is 14.0 Å². The first-order valence-electron chi connectivity index (χ1n) is 7.04. The van der Waals surface area contributed by atoms with Gasteiger partial charge in [0.1, 0.15) is 5.75 Å². The quantitative estimate of drug-likeness (QED) is 0.731. The third-order valence-corrected chi connectivity index (χ3v) is 3.40. The Balaban J connectivity index is 2.85. The van der Waals surface area contributed by atoms with Crippen molar-refractivity contribution >= 4 is 0 Å². The predicted molar refractivity (Wildman–Crippen MR) is 80.0 cm³/mol. The summed E-state index contributed by atoms with van der Waals surface area (Å²) in [5, 5.41) is 3.39. The summed E-state index contributed by atoms with van der Waals surface area (Å²) < 4.78 is 11.0. The maximum atomic E-state index is 5.55. The number of hydrogen-bond acceptors (Lipinski definition) is 3. The van der Waals surface area contributed by atoms with Crippen molar-refractivity contribution in [3.05, 3.63) is 28.8 Å². The first-order valence-corrected chi connectivity index (χ1v) is 7.04. The molecule has 0 spiro atoms. The van der Waals surface area contributed by atoms with Crippen molar-refractivity contribution in [2.75, 3.05) is 27.4 Å². The van der Waals surface area contributed by atoms with Crippen molar-refractivity contribution in [2.24, 2.45) is 0 Å². The molecule has 1 N–H and O–H groups in total. The molecule has 0 fully saturated rings. The van der Waals surface area contributed by atoms with Crippen LogP contribution < -0.4 is 10.1 Å². The highest BCUT2D eigenvalue weighted by molar-refractivity contribution is 5.45. The van der Waals surface area contributed by atoms with Crippen LogP contribution in [0.2, 0.25) is 0 Å². The first-order chi connectivity index (χ1) is 9.13. The molecule has 0 saturated carbocycles. The molecule has 19 heavy (non-hydrogen) atoms. The Bertz CT molecular complexity index is 391. The van der Waals surface area contributed by atoms with Crippen LogP contribution in [-0.2, 0) is 4.74 Å². The monoisotopic (exact) mass is 265 g/mol. The van der Waals surface area contributed by atoms with Crippen LogP contribution >= 0.6 is 0 Å². The molecule has 0 aliphatic carbocycles. The zero-order valence-corrected chi connectivity index (χ0v) is 12.9. The standard InChI is InChI=1S/C16H27NO2/c1-6-19-9-7-8-14(17-4)16-13(3)10-12(2)11-15(16)18-5/h10-11,14,17H,6-9H2,1-5H3. The van der Waals surface area contributed by atoms with Crippen LogP contribution in [0.4, 0.5) is 0 Å². The smallest absolute Gasteiger partial charge is 0.124 e. The van der Waals surface area contributed by atoms with E-state index in [9.17, 15) is 0 Å². The Kier molecular flexibility index (Phi) is 6.89. The highest BCUT2D eigenvalue weighted by atomic mass is 16.5. The molecular weight excluding hydrogens is 238 g/mol. The summed E-state index contributed by atoms with van der Waals surface area (Å²) in [5.41, 5.74) is 3.79. The average molecular weight is 265 g/mol. The van der Waals surface area contributed by atoms with E-state index >= 15 is 0 Å². The van der Waals surface area contributed by atoms with E-state index in [2.05, 4.69) is 31.3 Å². The Hall–Kier alpha value is -1.06. The lowest BCUT2D eigenvalue weighted by atomic mass is 9.95. The minimum atomic E-state index is 0.316. The van der Waals surface area contributed by atoms with Gasteiger partial charge in [0.05, 0.1) is 7.11 Å². The largest absolute Gasteiger partial charge is 0.496 e. The van der Waals surface area contributed by atoms with Crippen molar-refractivity contribution in [1.82, 2.24) is 5.32 Å². The average Bonchev–Trinajstić information content (AvgIpc) is 2.39. The zero-order chi connectivity index (χ0) is 14.3. The summed E-state index contributed by atoms with van der Waals surface area (Å²) in [7, 11) is 3.74. The summed E-state index contributed by atoms with van der Waals surface area (Å²) in [5.74, 6) is 0.980. The van der Waals surface area contributed by atoms with Crippen molar-refractivity contribution in [3.8, 4) is 5.75 Å². The van der Waals surface area contributed by atoms with Gasteiger partial charge in [-0.3, -0.25) is 0 Å². The summed E-state index contributed by atoms with van der Waals surface area (Å²) in [6.07, 6.45) is 2.10. The fourth-order valence-corrected chi connectivity index (χ4v) is 2.52. The molecule has 0 radical (unpaired) electrons. The molecular formula is C16H27NO2. The van der Waals surface area contributed by atoms with Gasteiger partial charge in [-0.2, -0.15) is 0 Å². The van der Waals surface area contributed by atoms with Gasteiger partial charge in [0.25, 0.3) is 0 Å². The topological polar surface area (TPSA) is 30.5 Å². The van der Waals surface area contributed by atoms with Crippen molar-refractivity contribution in [1.29, 1.82) is 0 Å². The lowest BCUT2D eigenvalue weighted by molar-refractivity contribution is 0.141. The van der Waals surface area contributed by atoms with Gasteiger partial charge in [0.15, 0.2) is 0 Å². The SMILES string of the molecule is CCOCCCC(NC)c1c(C)cc(C)cc1OC. The van der Waals surface area contributed by atoms with Gasteiger partial charge in [-0.25, -0.2) is 0 Å². The van der Waals surface area contributed by atoms with E-state index in [1.54, 1.807) is 7.11 Å². The Morgan fingerprint density at radius 1 is 1.26 bits per heavy atom. The molecule has 0 heterocycles. The molecule has 0 aliphatic rings. The van der Waals surface area contributed by atoms with Crippen molar-refractivity contribution in [2.45, 2.75) is 39.7 Å².